The molecule has 118 valence electrons. The first kappa shape index (κ1) is 16.3. The molecule has 3 nitrogen and oxygen atoms in total. The molecule has 0 spiro atoms. The Morgan fingerprint density at radius 3 is 2.52 bits per heavy atom. The fraction of sp³-hybridized carbons (Fsp3) is 0.667. The Bertz CT molecular complexity index is 371. The third-order valence-corrected chi connectivity index (χ3v) is 4.09. The van der Waals surface area contributed by atoms with Gasteiger partial charge in [-0.1, -0.05) is 25.5 Å². The van der Waals surface area contributed by atoms with Crippen LogP contribution in [0.1, 0.15) is 38.2 Å². The first-order valence-electron chi connectivity index (χ1n) is 8.53. The number of benzene rings is 1. The molecule has 0 unspecified atom stereocenters. The van der Waals surface area contributed by atoms with Crippen LogP contribution in [0.2, 0.25) is 0 Å². The molecule has 0 saturated carbocycles. The molecule has 21 heavy (non-hydrogen) atoms. The Kier molecular flexibility index (Phi) is 7.61. The van der Waals surface area contributed by atoms with E-state index in [-0.39, 0.29) is 0 Å². The number of piperazine rings is 1. The minimum Gasteiger partial charge on any atom is -0.494 e. The van der Waals surface area contributed by atoms with E-state index in [0.29, 0.717) is 0 Å². The topological polar surface area (TPSA) is 24.5 Å². The van der Waals surface area contributed by atoms with Gasteiger partial charge in [0.1, 0.15) is 5.75 Å². The fourth-order valence-electron chi connectivity index (χ4n) is 2.69. The summed E-state index contributed by atoms with van der Waals surface area (Å²) in [6.45, 7) is 9.00. The summed E-state index contributed by atoms with van der Waals surface area (Å²) in [5.41, 5.74) is 1.43. The van der Waals surface area contributed by atoms with Crippen LogP contribution in [0, 0.1) is 0 Å². The first-order valence-corrected chi connectivity index (χ1v) is 8.53. The molecule has 0 aliphatic carbocycles. The van der Waals surface area contributed by atoms with Crippen LogP contribution in [0.15, 0.2) is 24.3 Å². The molecule has 1 heterocycles. The predicted octanol–water partition coefficient (Wildman–Crippen LogP) is 3.09. The minimum absolute atomic E-state index is 0.834. The Balaban J connectivity index is 1.59. The highest BCUT2D eigenvalue weighted by Gasteiger charge is 2.08. The maximum atomic E-state index is 5.69. The molecule has 1 N–H and O–H groups in total. The third-order valence-electron chi connectivity index (χ3n) is 4.09. The molecule has 3 heteroatoms. The highest BCUT2D eigenvalue weighted by atomic mass is 16.5. The van der Waals surface area contributed by atoms with E-state index in [1.807, 2.05) is 0 Å². The molecule has 0 radical (unpaired) electrons. The number of rotatable bonds is 9. The zero-order chi connectivity index (χ0) is 14.8. The lowest BCUT2D eigenvalue weighted by Gasteiger charge is -2.27. The molecule has 1 fully saturated rings. The predicted molar refractivity (Wildman–Crippen MR) is 89.1 cm³/mol. The van der Waals surface area contributed by atoms with Crippen LogP contribution in [0.4, 0.5) is 0 Å². The molecule has 2 rings (SSSR count). The first-order chi connectivity index (χ1) is 10.4. The Morgan fingerprint density at radius 1 is 1.05 bits per heavy atom. The number of hydrogen-bond acceptors (Lipinski definition) is 3. The van der Waals surface area contributed by atoms with Gasteiger partial charge in [0.2, 0.25) is 0 Å². The van der Waals surface area contributed by atoms with Gasteiger partial charge < -0.3 is 15.0 Å². The van der Waals surface area contributed by atoms with Gasteiger partial charge >= 0.3 is 0 Å². The molecular formula is C18H30N2O. The van der Waals surface area contributed by atoms with Gasteiger partial charge in [0.25, 0.3) is 0 Å². The number of aryl methyl sites for hydroxylation is 1. The molecule has 0 aromatic heterocycles. The van der Waals surface area contributed by atoms with Crippen LogP contribution in [0.5, 0.6) is 5.75 Å². The zero-order valence-electron chi connectivity index (χ0n) is 13.4. The second kappa shape index (κ2) is 9.80. The lowest BCUT2D eigenvalue weighted by molar-refractivity contribution is 0.237. The van der Waals surface area contributed by atoms with E-state index in [4.69, 9.17) is 4.74 Å². The Hall–Kier alpha value is -1.06. The Morgan fingerprint density at radius 2 is 1.81 bits per heavy atom. The highest BCUT2D eigenvalue weighted by Crippen LogP contribution is 2.14. The van der Waals surface area contributed by atoms with Crippen molar-refractivity contribution in [2.75, 3.05) is 39.3 Å². The van der Waals surface area contributed by atoms with Gasteiger partial charge in [-0.25, -0.2) is 0 Å². The molecule has 1 aromatic carbocycles. The van der Waals surface area contributed by atoms with Gasteiger partial charge in [-0.15, -0.1) is 0 Å². The van der Waals surface area contributed by atoms with E-state index < -0.39 is 0 Å². The number of unbranched alkanes of at least 4 members (excludes halogenated alkanes) is 2. The Labute approximate surface area is 129 Å². The molecule has 0 atom stereocenters. The van der Waals surface area contributed by atoms with Crippen LogP contribution < -0.4 is 10.1 Å². The highest BCUT2D eigenvalue weighted by molar-refractivity contribution is 5.27. The van der Waals surface area contributed by atoms with Crippen molar-refractivity contribution in [3.8, 4) is 5.75 Å². The number of nitrogens with zero attached hydrogens (tertiary/aromatic N) is 1. The van der Waals surface area contributed by atoms with E-state index >= 15 is 0 Å². The summed E-state index contributed by atoms with van der Waals surface area (Å²) in [6, 6.07) is 8.65. The molecule has 1 aliphatic heterocycles. The third kappa shape index (κ3) is 6.49. The van der Waals surface area contributed by atoms with Gasteiger partial charge in [0.05, 0.1) is 6.61 Å². The quantitative estimate of drug-likeness (QED) is 0.707. The van der Waals surface area contributed by atoms with Gasteiger partial charge in [-0.05, 0) is 49.9 Å². The van der Waals surface area contributed by atoms with Crippen LogP contribution in [-0.4, -0.2) is 44.2 Å². The summed E-state index contributed by atoms with van der Waals surface area (Å²) in [6.07, 6.45) is 6.08. The van der Waals surface area contributed by atoms with Crippen molar-refractivity contribution in [3.05, 3.63) is 29.8 Å². The zero-order valence-corrected chi connectivity index (χ0v) is 13.4. The number of nitrogens with one attached hydrogen (secondary N) is 1. The standard InChI is InChI=1S/C18H30N2O/c1-2-3-16-21-18-9-7-17(8-10-18)6-4-5-13-20-14-11-19-12-15-20/h7-10,19H,2-6,11-16H2,1H3. The van der Waals surface area contributed by atoms with Crippen molar-refractivity contribution in [2.45, 2.75) is 39.0 Å². The van der Waals surface area contributed by atoms with Crippen LogP contribution in [0.25, 0.3) is 0 Å². The normalized spacial score (nSPS) is 16.0. The summed E-state index contributed by atoms with van der Waals surface area (Å²) in [5, 5.41) is 3.40. The van der Waals surface area contributed by atoms with Crippen molar-refractivity contribution in [1.29, 1.82) is 0 Å². The van der Waals surface area contributed by atoms with E-state index in [1.165, 1.54) is 50.9 Å². The van der Waals surface area contributed by atoms with Crippen molar-refractivity contribution in [1.82, 2.24) is 10.2 Å². The average Bonchev–Trinajstić information content (AvgIpc) is 2.54. The van der Waals surface area contributed by atoms with Crippen molar-refractivity contribution in [2.24, 2.45) is 0 Å². The second-order valence-corrected chi connectivity index (χ2v) is 5.89. The molecular weight excluding hydrogens is 260 g/mol. The average molecular weight is 290 g/mol. The molecule has 0 bridgehead atoms. The summed E-state index contributed by atoms with van der Waals surface area (Å²) in [4.78, 5) is 2.57. The summed E-state index contributed by atoms with van der Waals surface area (Å²) < 4.78 is 5.69. The van der Waals surface area contributed by atoms with Crippen LogP contribution in [0.3, 0.4) is 0 Å². The van der Waals surface area contributed by atoms with Gasteiger partial charge in [-0.3, -0.25) is 0 Å². The van der Waals surface area contributed by atoms with E-state index in [2.05, 4.69) is 41.4 Å². The smallest absolute Gasteiger partial charge is 0.119 e. The largest absolute Gasteiger partial charge is 0.494 e. The fourth-order valence-corrected chi connectivity index (χ4v) is 2.69. The van der Waals surface area contributed by atoms with Gasteiger partial charge in [0, 0.05) is 26.2 Å². The molecule has 1 aliphatic rings. The lowest BCUT2D eigenvalue weighted by Crippen LogP contribution is -2.43. The van der Waals surface area contributed by atoms with Gasteiger partial charge in [-0.2, -0.15) is 0 Å². The molecule has 1 aromatic rings. The maximum absolute atomic E-state index is 5.69. The van der Waals surface area contributed by atoms with Crippen LogP contribution >= 0.6 is 0 Å². The van der Waals surface area contributed by atoms with Crippen molar-refractivity contribution in [3.63, 3.8) is 0 Å². The lowest BCUT2D eigenvalue weighted by atomic mass is 10.1. The minimum atomic E-state index is 0.834. The SMILES string of the molecule is CCCCOc1ccc(CCCCN2CCNCC2)cc1. The van der Waals surface area contributed by atoms with Gasteiger partial charge in [0.15, 0.2) is 0 Å². The maximum Gasteiger partial charge on any atom is 0.119 e. The van der Waals surface area contributed by atoms with Crippen LogP contribution in [-0.2, 0) is 6.42 Å². The molecule has 1 saturated heterocycles. The monoisotopic (exact) mass is 290 g/mol. The summed E-state index contributed by atoms with van der Waals surface area (Å²) in [7, 11) is 0. The van der Waals surface area contributed by atoms with Crippen molar-refractivity contribution >= 4 is 0 Å². The number of ether oxygens (including phenoxy) is 1. The van der Waals surface area contributed by atoms with Crippen molar-refractivity contribution < 1.29 is 4.74 Å². The van der Waals surface area contributed by atoms with E-state index in [1.54, 1.807) is 0 Å². The van der Waals surface area contributed by atoms with E-state index in [0.717, 1.165) is 31.9 Å². The molecule has 0 amide bonds. The summed E-state index contributed by atoms with van der Waals surface area (Å²) >= 11 is 0. The number of hydrogen-bond donors (Lipinski definition) is 1. The van der Waals surface area contributed by atoms with E-state index in [9.17, 15) is 0 Å². The summed E-state index contributed by atoms with van der Waals surface area (Å²) in [5.74, 6) is 1.01. The second-order valence-electron chi connectivity index (χ2n) is 5.89.